The Bertz CT molecular complexity index is 1680. The third-order valence-electron chi connectivity index (χ3n) is 15.5. The van der Waals surface area contributed by atoms with Gasteiger partial charge in [-0.1, -0.05) is 286 Å². The molecule has 0 fully saturated rings. The van der Waals surface area contributed by atoms with Crippen LogP contribution in [0.4, 0.5) is 0 Å². The molecule has 510 valence electrons. The fourth-order valence-corrected chi connectivity index (χ4v) is 11.6. The number of unbranched alkanes of at least 4 members (excludes halogenated alkanes) is 36. The van der Waals surface area contributed by atoms with E-state index in [4.69, 9.17) is 37.0 Å². The Morgan fingerprint density at radius 3 is 0.791 bits per heavy atom. The predicted octanol–water partition coefficient (Wildman–Crippen LogP) is 18.8. The number of rotatable bonds is 66. The third-order valence-corrected chi connectivity index (χ3v) is 17.4. The van der Waals surface area contributed by atoms with Crippen molar-refractivity contribution in [1.29, 1.82) is 0 Å². The van der Waals surface area contributed by atoms with E-state index in [0.29, 0.717) is 25.7 Å². The molecule has 0 bridgehead atoms. The van der Waals surface area contributed by atoms with E-state index in [0.717, 1.165) is 115 Å². The maximum absolute atomic E-state index is 13.0. The summed E-state index contributed by atoms with van der Waals surface area (Å²) >= 11 is 0. The molecule has 0 saturated carbocycles. The van der Waals surface area contributed by atoms with E-state index < -0.39 is 97.5 Å². The van der Waals surface area contributed by atoms with E-state index in [2.05, 4.69) is 41.5 Å². The lowest BCUT2D eigenvalue weighted by Gasteiger charge is -2.21. The first kappa shape index (κ1) is 84.1. The maximum atomic E-state index is 13.0. The summed E-state index contributed by atoms with van der Waals surface area (Å²) in [4.78, 5) is 72.2. The molecule has 0 spiro atoms. The van der Waals surface area contributed by atoms with Gasteiger partial charge in [0.2, 0.25) is 0 Å². The molecule has 0 aromatic heterocycles. The van der Waals surface area contributed by atoms with Crippen LogP contribution in [0.1, 0.15) is 337 Å². The van der Waals surface area contributed by atoms with Gasteiger partial charge in [-0.15, -0.1) is 0 Å². The van der Waals surface area contributed by atoms with Crippen LogP contribution in [-0.2, 0) is 65.4 Å². The molecule has 0 heterocycles. The van der Waals surface area contributed by atoms with Gasteiger partial charge in [0.15, 0.2) is 12.2 Å². The average molecular weight is 1270 g/mol. The first-order chi connectivity index (χ1) is 41.4. The number of aliphatic hydroxyl groups excluding tert-OH is 1. The average Bonchev–Trinajstić information content (AvgIpc) is 3.69. The van der Waals surface area contributed by atoms with Crippen LogP contribution >= 0.6 is 15.6 Å². The molecule has 3 N–H and O–H groups in total. The third kappa shape index (κ3) is 60.9. The van der Waals surface area contributed by atoms with Gasteiger partial charge in [-0.2, -0.15) is 0 Å². The summed E-state index contributed by atoms with van der Waals surface area (Å²) in [5, 5.41) is 10.5. The zero-order valence-corrected chi connectivity index (χ0v) is 57.4. The van der Waals surface area contributed by atoms with Crippen molar-refractivity contribution < 1.29 is 80.2 Å². The van der Waals surface area contributed by atoms with E-state index >= 15 is 0 Å². The molecule has 0 amide bonds. The normalized spacial score (nSPS) is 14.2. The van der Waals surface area contributed by atoms with Crippen LogP contribution in [0, 0.1) is 11.8 Å². The van der Waals surface area contributed by atoms with Crippen LogP contribution in [0.15, 0.2) is 0 Å². The van der Waals surface area contributed by atoms with Crippen molar-refractivity contribution in [2.45, 2.75) is 355 Å². The van der Waals surface area contributed by atoms with Gasteiger partial charge in [0.25, 0.3) is 0 Å². The van der Waals surface area contributed by atoms with Gasteiger partial charge in [0.1, 0.15) is 19.3 Å². The second-order valence-corrected chi connectivity index (χ2v) is 28.1. The van der Waals surface area contributed by atoms with Crippen molar-refractivity contribution in [2.75, 3.05) is 39.6 Å². The number of esters is 4. The second kappa shape index (κ2) is 59.4. The minimum absolute atomic E-state index is 0.105. The number of carbonyl (C=O) groups is 4. The zero-order chi connectivity index (χ0) is 63.6. The zero-order valence-electron chi connectivity index (χ0n) is 55.6. The number of ether oxygens (including phenoxy) is 4. The molecule has 0 aromatic carbocycles. The summed E-state index contributed by atoms with van der Waals surface area (Å²) in [6, 6.07) is 0. The maximum Gasteiger partial charge on any atom is 0.472 e. The molecule has 0 radical (unpaired) electrons. The Kier molecular flexibility index (Phi) is 58.0. The predicted molar refractivity (Wildman–Crippen MR) is 345 cm³/mol. The van der Waals surface area contributed by atoms with Gasteiger partial charge in [0.05, 0.1) is 26.4 Å². The molecule has 0 aliphatic heterocycles. The summed E-state index contributed by atoms with van der Waals surface area (Å²) in [7, 11) is -9.88. The van der Waals surface area contributed by atoms with E-state index in [9.17, 15) is 43.2 Å². The molecule has 0 aliphatic rings. The first-order valence-electron chi connectivity index (χ1n) is 35.0. The molecular formula is C67H130O17P2. The lowest BCUT2D eigenvalue weighted by Crippen LogP contribution is -2.30. The highest BCUT2D eigenvalue weighted by atomic mass is 31.2. The number of aliphatic hydroxyl groups is 1. The van der Waals surface area contributed by atoms with Crippen molar-refractivity contribution in [3.8, 4) is 0 Å². The minimum Gasteiger partial charge on any atom is -0.462 e. The lowest BCUT2D eigenvalue weighted by atomic mass is 10.0. The largest absolute Gasteiger partial charge is 0.472 e. The van der Waals surface area contributed by atoms with Gasteiger partial charge in [-0.3, -0.25) is 37.3 Å². The number of phosphoric ester groups is 2. The highest BCUT2D eigenvalue weighted by Gasteiger charge is 2.30. The Labute approximate surface area is 524 Å². The summed E-state index contributed by atoms with van der Waals surface area (Å²) in [5.74, 6) is -0.599. The summed E-state index contributed by atoms with van der Waals surface area (Å²) in [6.07, 6.45) is 43.3. The topological polar surface area (TPSA) is 237 Å². The van der Waals surface area contributed by atoms with E-state index in [1.807, 2.05) is 0 Å². The Balaban J connectivity index is 5.15. The fraction of sp³-hybridized carbons (Fsp3) is 0.940. The highest BCUT2D eigenvalue weighted by Crippen LogP contribution is 2.45. The molecule has 0 saturated heterocycles. The van der Waals surface area contributed by atoms with Crippen LogP contribution in [0.25, 0.3) is 0 Å². The fourth-order valence-electron chi connectivity index (χ4n) is 10.1. The van der Waals surface area contributed by atoms with E-state index in [-0.39, 0.29) is 25.7 Å². The van der Waals surface area contributed by atoms with Crippen molar-refractivity contribution >= 4 is 39.5 Å². The molecule has 0 aromatic rings. The van der Waals surface area contributed by atoms with Gasteiger partial charge in [-0.25, -0.2) is 9.13 Å². The lowest BCUT2D eigenvalue weighted by molar-refractivity contribution is -0.161. The van der Waals surface area contributed by atoms with Crippen LogP contribution in [0.2, 0.25) is 0 Å². The van der Waals surface area contributed by atoms with Crippen molar-refractivity contribution in [3.05, 3.63) is 0 Å². The SMILES string of the molecule is CCCCCCCCCCC(=O)OC[C@H](COP(=O)(O)OC[C@H](O)COP(=O)(O)OC[C@@H](COC(=O)CCCCCCCCCCC(C)C)OC(=O)CCCCCCCCCCCCCCCCCCC(C)C)OC(=O)CCCCCCCCCC. The van der Waals surface area contributed by atoms with Crippen LogP contribution in [0.5, 0.6) is 0 Å². The molecule has 86 heavy (non-hydrogen) atoms. The summed E-state index contributed by atoms with van der Waals surface area (Å²) in [6.45, 7) is 9.46. The number of hydrogen-bond acceptors (Lipinski definition) is 15. The minimum atomic E-state index is -4.95. The van der Waals surface area contributed by atoms with Crippen LogP contribution < -0.4 is 0 Å². The van der Waals surface area contributed by atoms with Gasteiger partial charge >= 0.3 is 39.5 Å². The van der Waals surface area contributed by atoms with Crippen LogP contribution in [0.3, 0.4) is 0 Å². The van der Waals surface area contributed by atoms with Crippen molar-refractivity contribution in [1.82, 2.24) is 0 Å². The smallest absolute Gasteiger partial charge is 0.462 e. The quantitative estimate of drug-likeness (QED) is 0.0222. The van der Waals surface area contributed by atoms with Crippen molar-refractivity contribution in [2.24, 2.45) is 11.8 Å². The van der Waals surface area contributed by atoms with Gasteiger partial charge in [0, 0.05) is 25.7 Å². The summed E-state index contributed by atoms with van der Waals surface area (Å²) < 4.78 is 68.0. The van der Waals surface area contributed by atoms with Crippen molar-refractivity contribution in [3.63, 3.8) is 0 Å². The molecular weight excluding hydrogens is 1140 g/mol. The van der Waals surface area contributed by atoms with Gasteiger partial charge in [-0.05, 0) is 37.5 Å². The molecule has 0 aliphatic carbocycles. The molecule has 5 atom stereocenters. The second-order valence-electron chi connectivity index (χ2n) is 25.2. The number of hydrogen-bond donors (Lipinski definition) is 3. The van der Waals surface area contributed by atoms with E-state index in [1.54, 1.807) is 0 Å². The Hall–Kier alpha value is -1.94. The Morgan fingerprint density at radius 1 is 0.314 bits per heavy atom. The number of carbonyl (C=O) groups excluding carboxylic acids is 4. The molecule has 0 rings (SSSR count). The highest BCUT2D eigenvalue weighted by molar-refractivity contribution is 7.47. The first-order valence-corrected chi connectivity index (χ1v) is 38.0. The van der Waals surface area contributed by atoms with Gasteiger partial charge < -0.3 is 33.8 Å². The summed E-state index contributed by atoms with van der Waals surface area (Å²) in [5.41, 5.74) is 0. The van der Waals surface area contributed by atoms with Crippen LogP contribution in [-0.4, -0.2) is 96.7 Å². The standard InChI is InChI=1S/C67H130O17P2/c1-7-9-11-13-15-31-37-43-49-64(69)77-55-62(83-66(71)51-45-39-32-16-14-12-10-8-2)57-81-85(73,74)79-53-61(68)54-80-86(75,76)82-58-63(56-78-65(70)50-44-38-33-28-27-30-36-42-48-60(5)6)84-67(72)52-46-40-34-26-24-22-20-18-17-19-21-23-25-29-35-41-47-59(3)4/h59-63,68H,7-58H2,1-6H3,(H,73,74)(H,75,76)/t61-,62+,63+/m0/s1. The molecule has 19 heteroatoms. The monoisotopic (exact) mass is 1270 g/mol. The number of phosphoric acid groups is 2. The Morgan fingerprint density at radius 2 is 0.535 bits per heavy atom. The van der Waals surface area contributed by atoms with E-state index in [1.165, 1.54) is 141 Å². The molecule has 17 nitrogen and oxygen atoms in total. The molecule has 2 unspecified atom stereocenters.